The maximum Gasteiger partial charge on any atom is 0.254 e. The van der Waals surface area contributed by atoms with Crippen LogP contribution in [0.15, 0.2) is 12.1 Å². The number of aromatic nitrogens is 2. The number of aryl methyl sites for hydroxylation is 2. The van der Waals surface area contributed by atoms with Crippen molar-refractivity contribution >= 4 is 57.2 Å². The molecule has 1 aromatic carbocycles. The van der Waals surface area contributed by atoms with E-state index in [-0.39, 0.29) is 23.4 Å². The van der Waals surface area contributed by atoms with Crippen molar-refractivity contribution in [2.45, 2.75) is 19.9 Å². The number of carboxylic acid groups (broad SMARTS) is 1. The zero-order valence-corrected chi connectivity index (χ0v) is 13.7. The van der Waals surface area contributed by atoms with Gasteiger partial charge >= 0.3 is 0 Å². The summed E-state index contributed by atoms with van der Waals surface area (Å²) in [6.07, 6.45) is -0.0368. The largest absolute Gasteiger partial charge is 0.550 e. The second kappa shape index (κ2) is 6.11. The smallest absolute Gasteiger partial charge is 0.254 e. The molecule has 19 heavy (non-hydrogen) atoms. The van der Waals surface area contributed by atoms with E-state index in [1.54, 1.807) is 12.1 Å². The summed E-state index contributed by atoms with van der Waals surface area (Å²) in [5.74, 6) is -0.136. The number of aliphatic carboxylic acids is 1. The Hall–Kier alpha value is -0.780. The summed E-state index contributed by atoms with van der Waals surface area (Å²) in [6, 6.07) is 3.53. The maximum absolute atomic E-state index is 10.6. The number of carbonyl (C=O) groups is 1. The van der Waals surface area contributed by atoms with Crippen molar-refractivity contribution < 1.29 is 14.5 Å². The third kappa shape index (κ3) is 3.04. The molecule has 0 N–H and O–H groups in total. The number of imidazole rings is 1. The Morgan fingerprint density at radius 3 is 2.53 bits per heavy atom. The Kier molecular flexibility index (Phi) is 5.24. The Balaban J connectivity index is 0.00000180. The molecule has 0 atom stereocenters. The fraction of sp³-hybridized carbons (Fsp3) is 0.333. The van der Waals surface area contributed by atoms with Gasteiger partial charge in [0.15, 0.2) is 11.0 Å². The first-order chi connectivity index (χ1) is 8.41. The molecule has 0 bridgehead atoms. The lowest BCUT2D eigenvalue weighted by Crippen LogP contribution is -2.31. The van der Waals surface area contributed by atoms with Crippen LogP contribution in [0.5, 0.6) is 0 Å². The van der Waals surface area contributed by atoms with E-state index >= 15 is 0 Å². The van der Waals surface area contributed by atoms with Gasteiger partial charge in [-0.2, -0.15) is 0 Å². The Bertz CT molecular complexity index is 640. The number of nitrogens with zero attached hydrogens (tertiary/aromatic N) is 2. The molecule has 2 rings (SSSR count). The molecule has 0 aliphatic heterocycles. The first kappa shape index (κ1) is 16.3. The molecule has 0 aliphatic carbocycles. The van der Waals surface area contributed by atoms with Crippen LogP contribution in [-0.2, 0) is 18.4 Å². The van der Waals surface area contributed by atoms with E-state index < -0.39 is 5.97 Å². The molecule has 0 aliphatic rings. The molecule has 0 unspecified atom stereocenters. The van der Waals surface area contributed by atoms with Crippen molar-refractivity contribution in [3.05, 3.63) is 28.0 Å². The van der Waals surface area contributed by atoms with Gasteiger partial charge in [0.05, 0.1) is 23.6 Å². The molecule has 1 aromatic heterocycles. The van der Waals surface area contributed by atoms with Crippen LogP contribution in [0.1, 0.15) is 12.2 Å². The molecule has 1 heterocycles. The molecule has 7 heteroatoms. The quantitative estimate of drug-likeness (QED) is 0.776. The summed E-state index contributed by atoms with van der Waals surface area (Å²) in [5, 5.41) is 11.5. The Morgan fingerprint density at radius 1 is 1.37 bits per heavy atom. The molecule has 104 valence electrons. The third-order valence-corrected chi connectivity index (χ3v) is 3.81. The van der Waals surface area contributed by atoms with E-state index in [1.165, 1.54) is 0 Å². The van der Waals surface area contributed by atoms with Gasteiger partial charge in [-0.3, -0.25) is 0 Å². The number of carboxylic acids is 1. The number of fused-ring (bicyclic) bond motifs is 1. The molecule has 2 aromatic rings. The number of benzene rings is 1. The van der Waals surface area contributed by atoms with Crippen LogP contribution in [-0.4, -0.2) is 10.5 Å². The highest BCUT2D eigenvalue weighted by Crippen LogP contribution is 2.27. The molecule has 0 saturated heterocycles. The normalized spacial score (nSPS) is 10.5. The highest BCUT2D eigenvalue weighted by Gasteiger charge is 2.20. The number of hydrogen-bond acceptors (Lipinski definition) is 2. The molecule has 0 spiro atoms. The minimum absolute atomic E-state index is 0. The average molecular weight is 368 g/mol. The number of carbonyl (C=O) groups excluding carboxylic acids is 1. The molecule has 0 amide bonds. The number of hydrogen-bond donors (Lipinski definition) is 0. The van der Waals surface area contributed by atoms with E-state index in [2.05, 4.69) is 0 Å². The van der Waals surface area contributed by atoms with Gasteiger partial charge in [0, 0.05) is 31.4 Å². The predicted octanol–water partition coefficient (Wildman–Crippen LogP) is 1.80. The van der Waals surface area contributed by atoms with E-state index in [1.807, 2.05) is 23.1 Å². The fourth-order valence-corrected chi connectivity index (χ4v) is 2.34. The molecular weight excluding hydrogens is 355 g/mol. The van der Waals surface area contributed by atoms with Crippen molar-refractivity contribution in [3.8, 4) is 0 Å². The summed E-state index contributed by atoms with van der Waals surface area (Å²) in [7, 11) is 1.90. The maximum atomic E-state index is 10.6. The molecule has 0 fully saturated rings. The van der Waals surface area contributed by atoms with Crippen LogP contribution in [0.2, 0.25) is 10.0 Å². The van der Waals surface area contributed by atoms with Crippen molar-refractivity contribution in [2.75, 3.05) is 0 Å². The van der Waals surface area contributed by atoms with E-state index in [9.17, 15) is 9.90 Å². The zero-order valence-electron chi connectivity index (χ0n) is 10.4. The Morgan fingerprint density at radius 2 is 1.95 bits per heavy atom. The topological polar surface area (TPSA) is 48.9 Å². The lowest BCUT2D eigenvalue weighted by Gasteiger charge is -2.01. The minimum Gasteiger partial charge on any atom is -0.550 e. The van der Waals surface area contributed by atoms with E-state index in [0.29, 0.717) is 16.6 Å². The SMILES string of the molecule is Br.Cc1n(CCC(=O)[O-])c2cc(Cl)c(Cl)cc2[n+]1C. The zero-order chi connectivity index (χ0) is 13.4. The lowest BCUT2D eigenvalue weighted by atomic mass is 10.3. The summed E-state index contributed by atoms with van der Waals surface area (Å²) < 4.78 is 3.85. The van der Waals surface area contributed by atoms with Gasteiger partial charge in [-0.15, -0.1) is 17.0 Å². The monoisotopic (exact) mass is 366 g/mol. The second-order valence-corrected chi connectivity index (χ2v) is 4.95. The van der Waals surface area contributed by atoms with Gasteiger partial charge in [-0.25, -0.2) is 9.13 Å². The predicted molar refractivity (Wildman–Crippen MR) is 77.8 cm³/mol. The summed E-state index contributed by atoms with van der Waals surface area (Å²) in [6.45, 7) is 2.26. The number of rotatable bonds is 3. The Labute approximate surface area is 131 Å². The standard InChI is InChI=1S/C12H12Cl2N2O2.BrH/c1-7-15(2)10-5-8(13)9(14)6-11(10)16(7)4-3-12(17)18;/h5-6H,3-4H2,1-2H3;1H. The average Bonchev–Trinajstić information content (AvgIpc) is 2.51. The lowest BCUT2D eigenvalue weighted by molar-refractivity contribution is -0.652. The van der Waals surface area contributed by atoms with Crippen LogP contribution in [0, 0.1) is 6.92 Å². The van der Waals surface area contributed by atoms with Gasteiger partial charge in [0.1, 0.15) is 0 Å². The summed E-state index contributed by atoms with van der Waals surface area (Å²) >= 11 is 12.0. The van der Waals surface area contributed by atoms with Crippen LogP contribution in [0.3, 0.4) is 0 Å². The first-order valence-corrected chi connectivity index (χ1v) is 6.21. The van der Waals surface area contributed by atoms with Crippen molar-refractivity contribution in [1.82, 2.24) is 4.57 Å². The van der Waals surface area contributed by atoms with Crippen molar-refractivity contribution in [3.63, 3.8) is 0 Å². The van der Waals surface area contributed by atoms with E-state index in [4.69, 9.17) is 23.2 Å². The summed E-state index contributed by atoms with van der Waals surface area (Å²) in [4.78, 5) is 10.6. The van der Waals surface area contributed by atoms with E-state index in [0.717, 1.165) is 16.9 Å². The highest BCUT2D eigenvalue weighted by molar-refractivity contribution is 8.93. The van der Waals surface area contributed by atoms with Gasteiger partial charge in [0.2, 0.25) is 0 Å². The molecule has 4 nitrogen and oxygen atoms in total. The molecular formula is C12H13BrCl2N2O2. The van der Waals surface area contributed by atoms with Crippen LogP contribution in [0.25, 0.3) is 11.0 Å². The van der Waals surface area contributed by atoms with Crippen molar-refractivity contribution in [2.24, 2.45) is 7.05 Å². The van der Waals surface area contributed by atoms with Gasteiger partial charge in [0.25, 0.3) is 5.82 Å². The van der Waals surface area contributed by atoms with Crippen LogP contribution >= 0.6 is 40.2 Å². The minimum atomic E-state index is -1.07. The van der Waals surface area contributed by atoms with Crippen molar-refractivity contribution in [1.29, 1.82) is 0 Å². The number of halogens is 3. The molecule has 0 radical (unpaired) electrons. The van der Waals surface area contributed by atoms with Gasteiger partial charge in [-0.1, -0.05) is 23.2 Å². The highest BCUT2D eigenvalue weighted by atomic mass is 79.9. The van der Waals surface area contributed by atoms with Gasteiger partial charge < -0.3 is 9.90 Å². The second-order valence-electron chi connectivity index (χ2n) is 4.13. The van der Waals surface area contributed by atoms with Crippen LogP contribution < -0.4 is 9.67 Å². The van der Waals surface area contributed by atoms with Crippen LogP contribution in [0.4, 0.5) is 0 Å². The van der Waals surface area contributed by atoms with Gasteiger partial charge in [-0.05, 0) is 0 Å². The third-order valence-electron chi connectivity index (χ3n) is 3.09. The molecule has 0 saturated carbocycles. The fourth-order valence-electron chi connectivity index (χ4n) is 2.03. The summed E-state index contributed by atoms with van der Waals surface area (Å²) in [5.41, 5.74) is 1.78. The first-order valence-electron chi connectivity index (χ1n) is 5.45.